The lowest BCUT2D eigenvalue weighted by atomic mass is 9.89. The second-order valence-electron chi connectivity index (χ2n) is 6.25. The molecule has 2 aromatic rings. The van der Waals surface area contributed by atoms with Gasteiger partial charge in [-0.05, 0) is 37.1 Å². The van der Waals surface area contributed by atoms with Crippen LogP contribution in [0.15, 0.2) is 53.6 Å². The summed E-state index contributed by atoms with van der Waals surface area (Å²) in [5, 5.41) is 13.9. The summed E-state index contributed by atoms with van der Waals surface area (Å²) in [5.41, 5.74) is 1.45. The van der Waals surface area contributed by atoms with E-state index in [1.165, 1.54) is 6.42 Å². The maximum Gasteiger partial charge on any atom is 0.314 e. The third-order valence-electron chi connectivity index (χ3n) is 4.58. The van der Waals surface area contributed by atoms with Crippen LogP contribution in [0, 0.1) is 5.92 Å². The van der Waals surface area contributed by atoms with Crippen LogP contribution in [0.5, 0.6) is 11.5 Å². The number of para-hydroxylation sites is 2. The zero-order valence-electron chi connectivity index (χ0n) is 14.0. The average molecular weight is 338 g/mol. The summed E-state index contributed by atoms with van der Waals surface area (Å²) in [6, 6.07) is 13.9. The summed E-state index contributed by atoms with van der Waals surface area (Å²) >= 11 is 0. The zero-order chi connectivity index (χ0) is 17.6. The van der Waals surface area contributed by atoms with Crippen molar-refractivity contribution in [2.75, 3.05) is 0 Å². The Labute approximate surface area is 147 Å². The van der Waals surface area contributed by atoms with Crippen LogP contribution in [0.1, 0.15) is 43.2 Å². The standard InChI is InChI=1S/C20H22N2O3/c21-22-19(15-10-4-6-12-17(15)23)16-11-5-7-13-18(16)25-20(24)14-8-2-1-3-9-14/h4-7,10-14,23H,1-3,8-9,21H2/b22-19-. The molecule has 3 N–H and O–H groups in total. The molecule has 5 heteroatoms. The minimum atomic E-state index is -0.208. The maximum absolute atomic E-state index is 12.5. The third-order valence-corrected chi connectivity index (χ3v) is 4.58. The fourth-order valence-corrected chi connectivity index (χ4v) is 3.24. The highest BCUT2D eigenvalue weighted by atomic mass is 16.5. The van der Waals surface area contributed by atoms with Crippen molar-refractivity contribution in [3.63, 3.8) is 0 Å². The molecule has 0 amide bonds. The first-order valence-electron chi connectivity index (χ1n) is 8.58. The lowest BCUT2D eigenvalue weighted by Crippen LogP contribution is -2.23. The Kier molecular flexibility index (Phi) is 5.33. The first-order chi connectivity index (χ1) is 12.2. The van der Waals surface area contributed by atoms with Crippen LogP contribution in [0.4, 0.5) is 0 Å². The van der Waals surface area contributed by atoms with Gasteiger partial charge in [0.2, 0.25) is 0 Å². The van der Waals surface area contributed by atoms with Gasteiger partial charge in [-0.25, -0.2) is 0 Å². The van der Waals surface area contributed by atoms with E-state index in [2.05, 4.69) is 5.10 Å². The number of hydrogen-bond acceptors (Lipinski definition) is 5. The van der Waals surface area contributed by atoms with Gasteiger partial charge in [0.15, 0.2) is 0 Å². The first kappa shape index (κ1) is 17.0. The molecule has 0 spiro atoms. The minimum Gasteiger partial charge on any atom is -0.507 e. The van der Waals surface area contributed by atoms with E-state index in [4.69, 9.17) is 10.6 Å². The Balaban J connectivity index is 1.90. The van der Waals surface area contributed by atoms with Gasteiger partial charge in [0.05, 0.1) is 5.92 Å². The molecular formula is C20H22N2O3. The molecule has 0 radical (unpaired) electrons. The number of hydrazone groups is 1. The van der Waals surface area contributed by atoms with Gasteiger partial charge in [-0.15, -0.1) is 0 Å². The molecule has 0 heterocycles. The summed E-state index contributed by atoms with van der Waals surface area (Å²) in [6.45, 7) is 0. The number of benzene rings is 2. The van der Waals surface area contributed by atoms with Crippen LogP contribution in [-0.2, 0) is 4.79 Å². The molecule has 0 aliphatic heterocycles. The molecule has 1 saturated carbocycles. The Morgan fingerprint density at radius 1 is 1.00 bits per heavy atom. The smallest absolute Gasteiger partial charge is 0.314 e. The number of phenols is 1. The first-order valence-corrected chi connectivity index (χ1v) is 8.58. The SMILES string of the molecule is N/N=C(/c1ccccc1O)c1ccccc1OC(=O)C1CCCCC1. The molecule has 1 fully saturated rings. The summed E-state index contributed by atoms with van der Waals surface area (Å²) < 4.78 is 5.67. The molecule has 130 valence electrons. The average Bonchev–Trinajstić information content (AvgIpc) is 2.66. The molecule has 0 saturated heterocycles. The number of esters is 1. The summed E-state index contributed by atoms with van der Waals surface area (Å²) in [7, 11) is 0. The van der Waals surface area contributed by atoms with E-state index in [-0.39, 0.29) is 17.6 Å². The second kappa shape index (κ2) is 7.83. The van der Waals surface area contributed by atoms with Crippen LogP contribution in [0.2, 0.25) is 0 Å². The Hall–Kier alpha value is -2.82. The van der Waals surface area contributed by atoms with Gasteiger partial charge in [-0.2, -0.15) is 5.10 Å². The molecule has 5 nitrogen and oxygen atoms in total. The van der Waals surface area contributed by atoms with E-state index < -0.39 is 0 Å². The van der Waals surface area contributed by atoms with Gasteiger partial charge in [0, 0.05) is 11.1 Å². The molecular weight excluding hydrogens is 316 g/mol. The van der Waals surface area contributed by atoms with E-state index in [1.54, 1.807) is 42.5 Å². The summed E-state index contributed by atoms with van der Waals surface area (Å²) in [5.74, 6) is 5.80. The predicted octanol–water partition coefficient (Wildman–Crippen LogP) is 3.59. The monoisotopic (exact) mass is 338 g/mol. The lowest BCUT2D eigenvalue weighted by Gasteiger charge is -2.20. The van der Waals surface area contributed by atoms with Crippen molar-refractivity contribution in [2.24, 2.45) is 16.9 Å². The molecule has 1 aliphatic carbocycles. The number of phenolic OH excluding ortho intramolecular Hbond substituents is 1. The van der Waals surface area contributed by atoms with Crippen molar-refractivity contribution in [1.29, 1.82) is 0 Å². The maximum atomic E-state index is 12.5. The van der Waals surface area contributed by atoms with E-state index >= 15 is 0 Å². The van der Waals surface area contributed by atoms with Gasteiger partial charge in [0.25, 0.3) is 0 Å². The highest BCUT2D eigenvalue weighted by molar-refractivity contribution is 6.16. The van der Waals surface area contributed by atoms with Crippen molar-refractivity contribution in [3.05, 3.63) is 59.7 Å². The van der Waals surface area contributed by atoms with Gasteiger partial charge < -0.3 is 15.7 Å². The second-order valence-corrected chi connectivity index (χ2v) is 6.25. The predicted molar refractivity (Wildman–Crippen MR) is 96.6 cm³/mol. The number of rotatable bonds is 4. The Morgan fingerprint density at radius 2 is 1.64 bits per heavy atom. The molecule has 25 heavy (non-hydrogen) atoms. The summed E-state index contributed by atoms with van der Waals surface area (Å²) in [4.78, 5) is 12.5. The van der Waals surface area contributed by atoms with Crippen LogP contribution >= 0.6 is 0 Å². The molecule has 0 unspecified atom stereocenters. The summed E-state index contributed by atoms with van der Waals surface area (Å²) in [6.07, 6.45) is 5.05. The molecule has 1 aliphatic rings. The third kappa shape index (κ3) is 3.82. The number of hydrogen-bond donors (Lipinski definition) is 2. The minimum absolute atomic E-state index is 0.0507. The largest absolute Gasteiger partial charge is 0.507 e. The van der Waals surface area contributed by atoms with Crippen LogP contribution in [0.25, 0.3) is 0 Å². The van der Waals surface area contributed by atoms with Crippen molar-refractivity contribution >= 4 is 11.7 Å². The zero-order valence-corrected chi connectivity index (χ0v) is 14.0. The van der Waals surface area contributed by atoms with E-state index in [0.29, 0.717) is 22.6 Å². The number of carbonyl (C=O) groups is 1. The van der Waals surface area contributed by atoms with Gasteiger partial charge in [-0.3, -0.25) is 4.79 Å². The number of aromatic hydroxyl groups is 1. The Morgan fingerprint density at radius 3 is 2.32 bits per heavy atom. The van der Waals surface area contributed by atoms with E-state index in [0.717, 1.165) is 25.7 Å². The fourth-order valence-electron chi connectivity index (χ4n) is 3.24. The van der Waals surface area contributed by atoms with Crippen LogP contribution in [0.3, 0.4) is 0 Å². The Bertz CT molecular complexity index is 780. The van der Waals surface area contributed by atoms with Gasteiger partial charge >= 0.3 is 5.97 Å². The fraction of sp³-hybridized carbons (Fsp3) is 0.300. The molecule has 3 rings (SSSR count). The number of ether oxygens (including phenoxy) is 1. The number of nitrogens with two attached hydrogens (primary N) is 1. The van der Waals surface area contributed by atoms with Gasteiger partial charge in [-0.1, -0.05) is 43.5 Å². The topological polar surface area (TPSA) is 84.9 Å². The van der Waals surface area contributed by atoms with E-state index in [9.17, 15) is 9.90 Å². The molecule has 0 atom stereocenters. The van der Waals surface area contributed by atoms with Crippen molar-refractivity contribution < 1.29 is 14.6 Å². The van der Waals surface area contributed by atoms with Gasteiger partial charge in [0.1, 0.15) is 17.2 Å². The number of nitrogens with zero attached hydrogens (tertiary/aromatic N) is 1. The van der Waals surface area contributed by atoms with Crippen molar-refractivity contribution in [3.8, 4) is 11.5 Å². The van der Waals surface area contributed by atoms with Crippen molar-refractivity contribution in [2.45, 2.75) is 32.1 Å². The quantitative estimate of drug-likeness (QED) is 0.293. The molecule has 0 bridgehead atoms. The lowest BCUT2D eigenvalue weighted by molar-refractivity contribution is -0.140. The highest BCUT2D eigenvalue weighted by Crippen LogP contribution is 2.29. The number of carbonyl (C=O) groups excluding carboxylic acids is 1. The van der Waals surface area contributed by atoms with E-state index in [1.807, 2.05) is 6.07 Å². The van der Waals surface area contributed by atoms with Crippen LogP contribution < -0.4 is 10.6 Å². The normalized spacial score (nSPS) is 15.8. The highest BCUT2D eigenvalue weighted by Gasteiger charge is 2.24. The molecule has 0 aromatic heterocycles. The molecule has 2 aromatic carbocycles. The van der Waals surface area contributed by atoms with Crippen LogP contribution in [-0.4, -0.2) is 16.8 Å². The van der Waals surface area contributed by atoms with Crippen molar-refractivity contribution in [1.82, 2.24) is 0 Å².